The van der Waals surface area contributed by atoms with Crippen LogP contribution in [0.3, 0.4) is 0 Å². The van der Waals surface area contributed by atoms with E-state index in [4.69, 9.17) is 26.4 Å². The van der Waals surface area contributed by atoms with Gasteiger partial charge in [0.1, 0.15) is 6.04 Å². The van der Waals surface area contributed by atoms with Gasteiger partial charge >= 0.3 is 0 Å². The Morgan fingerprint density at radius 2 is 1.79 bits per heavy atom. The van der Waals surface area contributed by atoms with Gasteiger partial charge < -0.3 is 24.8 Å². The minimum absolute atomic E-state index is 0.226. The molecule has 0 aromatic heterocycles. The number of carbonyl (C=O) groups excluding carboxylic acids is 1. The summed E-state index contributed by atoms with van der Waals surface area (Å²) < 4.78 is 15.8. The minimum Gasteiger partial charge on any atom is -0.493 e. The Labute approximate surface area is 116 Å². The van der Waals surface area contributed by atoms with Crippen LogP contribution in [-0.2, 0) is 4.79 Å². The van der Waals surface area contributed by atoms with E-state index in [0.29, 0.717) is 27.9 Å². The molecule has 1 aliphatic heterocycles. The predicted octanol–water partition coefficient (Wildman–Crippen LogP) is 0.758. The Hall–Kier alpha value is -2.02. The third-order valence-electron chi connectivity index (χ3n) is 2.82. The van der Waals surface area contributed by atoms with Gasteiger partial charge in [0.25, 0.3) is 5.91 Å². The Bertz CT molecular complexity index is 533. The van der Waals surface area contributed by atoms with Crippen LogP contribution in [0.1, 0.15) is 11.6 Å². The van der Waals surface area contributed by atoms with E-state index in [1.807, 2.05) is 0 Å². The molecule has 1 aliphatic rings. The minimum atomic E-state index is -0.595. The van der Waals surface area contributed by atoms with Gasteiger partial charge in [-0.1, -0.05) is 0 Å². The first-order valence-electron chi connectivity index (χ1n) is 5.52. The highest BCUT2D eigenvalue weighted by molar-refractivity contribution is 7.80. The van der Waals surface area contributed by atoms with E-state index in [0.717, 1.165) is 0 Å². The quantitative estimate of drug-likeness (QED) is 0.795. The van der Waals surface area contributed by atoms with Crippen molar-refractivity contribution in [1.82, 2.24) is 10.6 Å². The molecule has 0 spiro atoms. The fraction of sp³-hybridized carbons (Fsp3) is 0.333. The maximum absolute atomic E-state index is 11.8. The molecule has 6 nitrogen and oxygen atoms in total. The molecule has 1 saturated heterocycles. The average molecular weight is 282 g/mol. The smallest absolute Gasteiger partial charge is 0.253 e. The van der Waals surface area contributed by atoms with Crippen molar-refractivity contribution in [2.24, 2.45) is 0 Å². The first kappa shape index (κ1) is 13.4. The summed E-state index contributed by atoms with van der Waals surface area (Å²) in [6, 6.07) is 2.86. The Morgan fingerprint density at radius 3 is 2.26 bits per heavy atom. The Morgan fingerprint density at radius 1 is 1.11 bits per heavy atom. The van der Waals surface area contributed by atoms with Gasteiger partial charge in [0, 0.05) is 5.56 Å². The topological polar surface area (TPSA) is 68.8 Å². The lowest BCUT2D eigenvalue weighted by Crippen LogP contribution is -2.21. The summed E-state index contributed by atoms with van der Waals surface area (Å²) in [5.74, 6) is 1.19. The molecule has 0 saturated carbocycles. The maximum Gasteiger partial charge on any atom is 0.253 e. The molecule has 2 N–H and O–H groups in total. The number of thiocarbonyl (C=S) groups is 1. The van der Waals surface area contributed by atoms with Crippen molar-refractivity contribution < 1.29 is 19.0 Å². The lowest BCUT2D eigenvalue weighted by atomic mass is 10.0. The van der Waals surface area contributed by atoms with E-state index >= 15 is 0 Å². The van der Waals surface area contributed by atoms with Gasteiger partial charge in [-0.15, -0.1) is 0 Å². The van der Waals surface area contributed by atoms with E-state index in [-0.39, 0.29) is 5.91 Å². The van der Waals surface area contributed by atoms with Crippen molar-refractivity contribution in [3.05, 3.63) is 17.7 Å². The summed E-state index contributed by atoms with van der Waals surface area (Å²) in [6.07, 6.45) is 0. The number of methoxy groups -OCH3 is 3. The van der Waals surface area contributed by atoms with Gasteiger partial charge in [-0.05, 0) is 24.4 Å². The number of carbonyl (C=O) groups is 1. The zero-order valence-electron chi connectivity index (χ0n) is 10.8. The maximum atomic E-state index is 11.8. The summed E-state index contributed by atoms with van der Waals surface area (Å²) in [4.78, 5) is 11.8. The molecule has 1 amide bonds. The van der Waals surface area contributed by atoms with Crippen LogP contribution < -0.4 is 24.8 Å². The number of hydrogen-bond donors (Lipinski definition) is 2. The van der Waals surface area contributed by atoms with Crippen molar-refractivity contribution in [3.8, 4) is 17.2 Å². The first-order valence-corrected chi connectivity index (χ1v) is 5.93. The summed E-state index contributed by atoms with van der Waals surface area (Å²) in [7, 11) is 4.55. The molecule has 2 rings (SSSR count). The summed E-state index contributed by atoms with van der Waals surface area (Å²) in [6.45, 7) is 0. The van der Waals surface area contributed by atoms with E-state index < -0.39 is 6.04 Å². The highest BCUT2D eigenvalue weighted by Crippen LogP contribution is 2.42. The lowest BCUT2D eigenvalue weighted by molar-refractivity contribution is -0.120. The zero-order valence-corrected chi connectivity index (χ0v) is 11.6. The Kier molecular flexibility index (Phi) is 3.75. The van der Waals surface area contributed by atoms with Crippen LogP contribution in [-0.4, -0.2) is 32.3 Å². The van der Waals surface area contributed by atoms with Crippen LogP contribution in [0.5, 0.6) is 17.2 Å². The molecule has 0 aliphatic carbocycles. The van der Waals surface area contributed by atoms with E-state index in [2.05, 4.69) is 10.6 Å². The molecule has 102 valence electrons. The number of rotatable bonds is 4. The van der Waals surface area contributed by atoms with Gasteiger partial charge in [-0.2, -0.15) is 0 Å². The summed E-state index contributed by atoms with van der Waals surface area (Å²) in [5, 5.41) is 5.71. The average Bonchev–Trinajstić information content (AvgIpc) is 2.75. The molecule has 1 aromatic carbocycles. The molecule has 1 heterocycles. The molecular formula is C12H14N2O4S. The predicted molar refractivity (Wildman–Crippen MR) is 72.7 cm³/mol. The monoisotopic (exact) mass is 282 g/mol. The number of hydrogen-bond acceptors (Lipinski definition) is 5. The first-order chi connectivity index (χ1) is 9.12. The second-order valence-electron chi connectivity index (χ2n) is 3.82. The normalized spacial score (nSPS) is 17.7. The second-order valence-corrected chi connectivity index (χ2v) is 4.23. The summed E-state index contributed by atoms with van der Waals surface area (Å²) in [5.41, 5.74) is 0.637. The zero-order chi connectivity index (χ0) is 14.0. The summed E-state index contributed by atoms with van der Waals surface area (Å²) >= 11 is 4.92. The van der Waals surface area contributed by atoms with Crippen LogP contribution in [0, 0.1) is 0 Å². The molecule has 1 atom stereocenters. The van der Waals surface area contributed by atoms with Crippen molar-refractivity contribution in [1.29, 1.82) is 0 Å². The fourth-order valence-electron chi connectivity index (χ4n) is 1.99. The number of benzene rings is 1. The molecule has 7 heteroatoms. The Balaban J connectivity index is 2.52. The third kappa shape index (κ3) is 2.28. The van der Waals surface area contributed by atoms with Crippen LogP contribution in [0.4, 0.5) is 0 Å². The van der Waals surface area contributed by atoms with Gasteiger partial charge in [0.05, 0.1) is 21.3 Å². The van der Waals surface area contributed by atoms with Crippen LogP contribution >= 0.6 is 12.2 Å². The molecule has 19 heavy (non-hydrogen) atoms. The van der Waals surface area contributed by atoms with Crippen LogP contribution in [0.2, 0.25) is 0 Å². The SMILES string of the molecule is COc1ccc(C2NC(=S)NC2=O)c(OC)c1OC. The van der Waals surface area contributed by atoms with Crippen LogP contribution in [0.15, 0.2) is 12.1 Å². The second kappa shape index (κ2) is 5.31. The van der Waals surface area contributed by atoms with Crippen LogP contribution in [0.25, 0.3) is 0 Å². The molecule has 1 fully saturated rings. The molecule has 1 aromatic rings. The highest BCUT2D eigenvalue weighted by Gasteiger charge is 2.32. The van der Waals surface area contributed by atoms with Crippen molar-refractivity contribution in [2.45, 2.75) is 6.04 Å². The van der Waals surface area contributed by atoms with Crippen molar-refractivity contribution in [3.63, 3.8) is 0 Å². The van der Waals surface area contributed by atoms with Gasteiger partial charge in [-0.25, -0.2) is 0 Å². The van der Waals surface area contributed by atoms with Crippen molar-refractivity contribution in [2.75, 3.05) is 21.3 Å². The van der Waals surface area contributed by atoms with E-state index in [1.165, 1.54) is 21.3 Å². The van der Waals surface area contributed by atoms with Gasteiger partial charge in [-0.3, -0.25) is 4.79 Å². The van der Waals surface area contributed by atoms with E-state index in [1.54, 1.807) is 12.1 Å². The highest BCUT2D eigenvalue weighted by atomic mass is 32.1. The molecular weight excluding hydrogens is 268 g/mol. The lowest BCUT2D eigenvalue weighted by Gasteiger charge is -2.18. The number of nitrogens with one attached hydrogen (secondary N) is 2. The standard InChI is InChI=1S/C12H14N2O4S/c1-16-7-5-4-6(9(17-2)10(7)18-3)8-11(15)14-12(19)13-8/h4-5,8H,1-3H3,(H2,13,14,15,19). The third-order valence-corrected chi connectivity index (χ3v) is 3.04. The molecule has 0 bridgehead atoms. The van der Waals surface area contributed by atoms with Crippen molar-refractivity contribution >= 4 is 23.2 Å². The number of amides is 1. The number of ether oxygens (including phenoxy) is 3. The van der Waals surface area contributed by atoms with Gasteiger partial charge in [0.2, 0.25) is 5.75 Å². The fourth-order valence-corrected chi connectivity index (χ4v) is 2.21. The van der Waals surface area contributed by atoms with Gasteiger partial charge in [0.15, 0.2) is 16.6 Å². The molecule has 1 unspecified atom stereocenters. The van der Waals surface area contributed by atoms with E-state index in [9.17, 15) is 4.79 Å². The largest absolute Gasteiger partial charge is 0.493 e. The molecule has 0 radical (unpaired) electrons.